The predicted octanol–water partition coefficient (Wildman–Crippen LogP) is 2.07. The van der Waals surface area contributed by atoms with E-state index in [2.05, 4.69) is 9.71 Å². The highest BCUT2D eigenvalue weighted by molar-refractivity contribution is 7.89. The number of H-pyrrole nitrogens is 1. The maximum Gasteiger partial charge on any atom is 0.248 e. The van der Waals surface area contributed by atoms with Gasteiger partial charge < -0.3 is 14.5 Å². The summed E-state index contributed by atoms with van der Waals surface area (Å²) in [4.78, 5) is 14.1. The number of benzene rings is 2. The van der Waals surface area contributed by atoms with Crippen molar-refractivity contribution in [1.29, 1.82) is 0 Å². The summed E-state index contributed by atoms with van der Waals surface area (Å²) in [7, 11) is -0.545. The molecule has 2 N–H and O–H groups in total. The third-order valence-electron chi connectivity index (χ3n) is 4.16. The molecule has 3 aromatic rings. The monoisotopic (exact) mass is 388 g/mol. The molecule has 0 bridgehead atoms. The Morgan fingerprint density at radius 1 is 0.963 bits per heavy atom. The lowest BCUT2D eigenvalue weighted by Crippen LogP contribution is -2.26. The zero-order valence-electron chi connectivity index (χ0n) is 15.0. The van der Waals surface area contributed by atoms with Crippen LogP contribution in [-0.4, -0.2) is 34.2 Å². The first kappa shape index (κ1) is 18.9. The van der Waals surface area contributed by atoms with Crippen LogP contribution >= 0.6 is 0 Å². The smallest absolute Gasteiger partial charge is 0.248 e. The summed E-state index contributed by atoms with van der Waals surface area (Å²) in [5.41, 5.74) is 1.28. The van der Waals surface area contributed by atoms with E-state index >= 15 is 0 Å². The van der Waals surface area contributed by atoms with Gasteiger partial charge in [-0.05, 0) is 53.8 Å². The van der Waals surface area contributed by atoms with E-state index < -0.39 is 10.0 Å². The SMILES string of the molecule is COc1ccc(CCNS(=O)(=O)c2ccc3[nH]c(=O)ccc3c2)cc1OC. The number of sulfonamides is 1. The fourth-order valence-electron chi connectivity index (χ4n) is 2.75. The Morgan fingerprint density at radius 3 is 2.48 bits per heavy atom. The highest BCUT2D eigenvalue weighted by Crippen LogP contribution is 2.27. The van der Waals surface area contributed by atoms with Gasteiger partial charge in [-0.3, -0.25) is 4.79 Å². The van der Waals surface area contributed by atoms with Crippen LogP contribution in [0, 0.1) is 0 Å². The largest absolute Gasteiger partial charge is 0.493 e. The summed E-state index contributed by atoms with van der Waals surface area (Å²) < 4.78 is 38.1. The minimum Gasteiger partial charge on any atom is -0.493 e. The summed E-state index contributed by atoms with van der Waals surface area (Å²) >= 11 is 0. The molecule has 0 saturated carbocycles. The number of aromatic amines is 1. The van der Waals surface area contributed by atoms with E-state index in [0.29, 0.717) is 28.8 Å². The predicted molar refractivity (Wildman–Crippen MR) is 103 cm³/mol. The van der Waals surface area contributed by atoms with Crippen LogP contribution in [0.5, 0.6) is 11.5 Å². The van der Waals surface area contributed by atoms with Gasteiger partial charge in [-0.15, -0.1) is 0 Å². The number of hydrogen-bond donors (Lipinski definition) is 2. The van der Waals surface area contributed by atoms with Gasteiger partial charge in [0.2, 0.25) is 15.6 Å². The van der Waals surface area contributed by atoms with Crippen molar-refractivity contribution < 1.29 is 17.9 Å². The Kier molecular flexibility index (Phi) is 5.48. The number of rotatable bonds is 7. The van der Waals surface area contributed by atoms with Crippen molar-refractivity contribution in [3.05, 3.63) is 64.4 Å². The van der Waals surface area contributed by atoms with Gasteiger partial charge in [0.1, 0.15) is 0 Å². The van der Waals surface area contributed by atoms with Crippen molar-refractivity contribution >= 4 is 20.9 Å². The highest BCUT2D eigenvalue weighted by atomic mass is 32.2. The maximum atomic E-state index is 12.5. The van der Waals surface area contributed by atoms with Crippen molar-refractivity contribution in [1.82, 2.24) is 9.71 Å². The molecule has 1 aromatic heterocycles. The second-order valence-corrected chi connectivity index (χ2v) is 7.68. The number of aromatic nitrogens is 1. The molecule has 1 heterocycles. The van der Waals surface area contributed by atoms with Crippen LogP contribution in [0.3, 0.4) is 0 Å². The molecular weight excluding hydrogens is 368 g/mol. The number of nitrogens with one attached hydrogen (secondary N) is 2. The second-order valence-electron chi connectivity index (χ2n) is 5.91. The quantitative estimate of drug-likeness (QED) is 0.646. The molecule has 0 aliphatic rings. The summed E-state index contributed by atoms with van der Waals surface area (Å²) in [5.74, 6) is 1.22. The van der Waals surface area contributed by atoms with Crippen LogP contribution in [0.15, 0.2) is 58.2 Å². The van der Waals surface area contributed by atoms with E-state index in [4.69, 9.17) is 9.47 Å². The highest BCUT2D eigenvalue weighted by Gasteiger charge is 2.14. The lowest BCUT2D eigenvalue weighted by Gasteiger charge is -2.10. The standard InChI is InChI=1S/C19H20N2O5S/c1-25-17-7-3-13(11-18(17)26-2)9-10-20-27(23,24)15-5-6-16-14(12-15)4-8-19(22)21-16/h3-8,11-12,20H,9-10H2,1-2H3,(H,21,22). The number of methoxy groups -OCH3 is 2. The molecule has 8 heteroatoms. The number of ether oxygens (including phenoxy) is 2. The van der Waals surface area contributed by atoms with Crippen LogP contribution in [-0.2, 0) is 16.4 Å². The molecule has 0 radical (unpaired) electrons. The fourth-order valence-corrected chi connectivity index (χ4v) is 3.82. The van der Waals surface area contributed by atoms with Crippen molar-refractivity contribution in [2.75, 3.05) is 20.8 Å². The summed E-state index contributed by atoms with van der Waals surface area (Å²) in [6.45, 7) is 0.238. The van der Waals surface area contributed by atoms with Crippen LogP contribution in [0.25, 0.3) is 10.9 Å². The molecule has 0 atom stereocenters. The van der Waals surface area contributed by atoms with Crippen LogP contribution in [0.4, 0.5) is 0 Å². The van der Waals surface area contributed by atoms with Crippen molar-refractivity contribution in [3.8, 4) is 11.5 Å². The molecule has 2 aromatic carbocycles. The third kappa shape index (κ3) is 4.29. The van der Waals surface area contributed by atoms with Crippen molar-refractivity contribution in [2.24, 2.45) is 0 Å². The minimum absolute atomic E-state index is 0.148. The van der Waals surface area contributed by atoms with Crippen LogP contribution in [0.2, 0.25) is 0 Å². The summed E-state index contributed by atoms with van der Waals surface area (Å²) in [6, 6.07) is 13.0. The van der Waals surface area contributed by atoms with Gasteiger partial charge in [0.15, 0.2) is 11.5 Å². The van der Waals surface area contributed by atoms with Gasteiger partial charge in [0, 0.05) is 18.1 Å². The van der Waals surface area contributed by atoms with Gasteiger partial charge in [-0.1, -0.05) is 6.07 Å². The lowest BCUT2D eigenvalue weighted by molar-refractivity contribution is 0.354. The van der Waals surface area contributed by atoms with Crippen LogP contribution in [0.1, 0.15) is 5.56 Å². The van der Waals surface area contributed by atoms with Gasteiger partial charge in [-0.25, -0.2) is 13.1 Å². The Bertz CT molecular complexity index is 1120. The minimum atomic E-state index is -3.66. The van der Waals surface area contributed by atoms with Crippen molar-refractivity contribution in [2.45, 2.75) is 11.3 Å². The summed E-state index contributed by atoms with van der Waals surface area (Å²) in [6.07, 6.45) is 0.500. The normalized spacial score (nSPS) is 11.5. The van der Waals surface area contributed by atoms with Gasteiger partial charge in [0.25, 0.3) is 0 Å². The molecule has 0 aliphatic heterocycles. The molecule has 142 valence electrons. The van der Waals surface area contributed by atoms with Gasteiger partial charge in [-0.2, -0.15) is 0 Å². The third-order valence-corrected chi connectivity index (χ3v) is 5.62. The van der Waals surface area contributed by atoms with Crippen LogP contribution < -0.4 is 19.8 Å². The molecule has 7 nitrogen and oxygen atoms in total. The Balaban J connectivity index is 1.72. The Hall–Kier alpha value is -2.84. The topological polar surface area (TPSA) is 97.5 Å². The molecule has 3 rings (SSSR count). The molecule has 0 spiro atoms. The molecule has 0 saturated heterocycles. The maximum absolute atomic E-state index is 12.5. The molecule has 0 amide bonds. The number of hydrogen-bond acceptors (Lipinski definition) is 5. The summed E-state index contributed by atoms with van der Waals surface area (Å²) in [5, 5.41) is 0.650. The van der Waals surface area contributed by atoms with E-state index in [-0.39, 0.29) is 17.0 Å². The molecule has 0 unspecified atom stereocenters. The lowest BCUT2D eigenvalue weighted by atomic mass is 10.1. The zero-order chi connectivity index (χ0) is 19.4. The first-order valence-corrected chi connectivity index (χ1v) is 9.75. The number of pyridine rings is 1. The van der Waals surface area contributed by atoms with E-state index in [1.165, 1.54) is 18.2 Å². The molecule has 0 aliphatic carbocycles. The van der Waals surface area contributed by atoms with E-state index in [0.717, 1.165) is 5.56 Å². The van der Waals surface area contributed by atoms with Crippen molar-refractivity contribution in [3.63, 3.8) is 0 Å². The first-order chi connectivity index (χ1) is 12.9. The Morgan fingerprint density at radius 2 is 1.74 bits per heavy atom. The second kappa shape index (κ2) is 7.81. The van der Waals surface area contributed by atoms with E-state index in [1.54, 1.807) is 32.4 Å². The average Bonchev–Trinajstić information content (AvgIpc) is 2.67. The fraction of sp³-hybridized carbons (Fsp3) is 0.211. The van der Waals surface area contributed by atoms with E-state index in [9.17, 15) is 13.2 Å². The van der Waals surface area contributed by atoms with E-state index in [1.807, 2.05) is 12.1 Å². The van der Waals surface area contributed by atoms with Gasteiger partial charge >= 0.3 is 0 Å². The molecular formula is C19H20N2O5S. The first-order valence-electron chi connectivity index (χ1n) is 8.26. The molecule has 0 fully saturated rings. The molecule has 27 heavy (non-hydrogen) atoms. The van der Waals surface area contributed by atoms with Gasteiger partial charge in [0.05, 0.1) is 19.1 Å². The average molecular weight is 388 g/mol. The number of fused-ring (bicyclic) bond motifs is 1. The zero-order valence-corrected chi connectivity index (χ0v) is 15.8. The Labute approximate surface area is 157 Å².